The van der Waals surface area contributed by atoms with E-state index in [2.05, 4.69) is 54.2 Å². The monoisotopic (exact) mass is 310 g/mol. The van der Waals surface area contributed by atoms with Crippen LogP contribution in [0.5, 0.6) is 0 Å². The summed E-state index contributed by atoms with van der Waals surface area (Å²) < 4.78 is 0. The second kappa shape index (κ2) is 6.99. The first-order chi connectivity index (χ1) is 11.2. The molecule has 1 aromatic carbocycles. The van der Waals surface area contributed by atoms with Crippen LogP contribution in [-0.4, -0.2) is 22.6 Å². The van der Waals surface area contributed by atoms with Crippen molar-refractivity contribution in [1.82, 2.24) is 9.97 Å². The molecule has 2 aromatic rings. The lowest BCUT2D eigenvalue weighted by molar-refractivity contribution is 0.447. The van der Waals surface area contributed by atoms with Gasteiger partial charge in [0.2, 0.25) is 5.95 Å². The molecule has 0 saturated carbocycles. The molecule has 1 N–H and O–H groups in total. The minimum Gasteiger partial charge on any atom is -0.353 e. The van der Waals surface area contributed by atoms with Gasteiger partial charge in [0.05, 0.1) is 0 Å². The molecule has 1 aromatic heterocycles. The third-order valence-electron chi connectivity index (χ3n) is 4.66. The largest absolute Gasteiger partial charge is 0.353 e. The van der Waals surface area contributed by atoms with Crippen LogP contribution in [0.4, 0.5) is 17.5 Å². The summed E-state index contributed by atoms with van der Waals surface area (Å²) in [5.41, 5.74) is 3.55. The van der Waals surface area contributed by atoms with Crippen molar-refractivity contribution in [2.75, 3.05) is 16.8 Å². The normalized spacial score (nSPS) is 18.0. The Balaban J connectivity index is 1.82. The fourth-order valence-electron chi connectivity index (χ4n) is 3.37. The predicted octanol–water partition coefficient (Wildman–Crippen LogP) is 4.61. The Kier molecular flexibility index (Phi) is 4.79. The maximum Gasteiger partial charge on any atom is 0.229 e. The van der Waals surface area contributed by atoms with Crippen molar-refractivity contribution in [2.45, 2.75) is 52.5 Å². The second-order valence-corrected chi connectivity index (χ2v) is 6.43. The van der Waals surface area contributed by atoms with Crippen LogP contribution in [0.2, 0.25) is 0 Å². The Morgan fingerprint density at radius 3 is 2.87 bits per heavy atom. The molecule has 1 fully saturated rings. The van der Waals surface area contributed by atoms with E-state index in [9.17, 15) is 0 Å². The first-order valence-corrected chi connectivity index (χ1v) is 8.61. The van der Waals surface area contributed by atoms with E-state index < -0.39 is 0 Å². The van der Waals surface area contributed by atoms with Gasteiger partial charge in [0, 0.05) is 24.5 Å². The predicted molar refractivity (Wildman–Crippen MR) is 96.5 cm³/mol. The van der Waals surface area contributed by atoms with Crippen molar-refractivity contribution in [3.8, 4) is 0 Å². The van der Waals surface area contributed by atoms with E-state index in [0.717, 1.165) is 18.1 Å². The fourth-order valence-corrected chi connectivity index (χ4v) is 3.37. The molecule has 122 valence electrons. The van der Waals surface area contributed by atoms with Crippen LogP contribution in [0.15, 0.2) is 30.5 Å². The Morgan fingerprint density at radius 1 is 1.22 bits per heavy atom. The Morgan fingerprint density at radius 2 is 2.09 bits per heavy atom. The van der Waals surface area contributed by atoms with Crippen molar-refractivity contribution < 1.29 is 0 Å². The summed E-state index contributed by atoms with van der Waals surface area (Å²) >= 11 is 0. The summed E-state index contributed by atoms with van der Waals surface area (Å²) in [6.07, 6.45) is 6.87. The molecule has 0 spiro atoms. The molecule has 1 aliphatic rings. The lowest BCUT2D eigenvalue weighted by Crippen LogP contribution is -2.39. The summed E-state index contributed by atoms with van der Waals surface area (Å²) in [4.78, 5) is 11.6. The number of piperidine rings is 1. The van der Waals surface area contributed by atoms with Crippen LogP contribution >= 0.6 is 0 Å². The number of hydrogen-bond acceptors (Lipinski definition) is 4. The molecule has 1 aliphatic heterocycles. The van der Waals surface area contributed by atoms with Crippen molar-refractivity contribution in [1.29, 1.82) is 0 Å². The highest BCUT2D eigenvalue weighted by Gasteiger charge is 2.22. The average molecular weight is 310 g/mol. The molecule has 2 heterocycles. The Bertz CT molecular complexity index is 668. The number of aryl methyl sites for hydroxylation is 2. The van der Waals surface area contributed by atoms with Crippen LogP contribution in [0.3, 0.4) is 0 Å². The van der Waals surface area contributed by atoms with Gasteiger partial charge in [0.25, 0.3) is 0 Å². The number of rotatable bonds is 4. The third kappa shape index (κ3) is 3.63. The minimum atomic E-state index is 0.604. The molecule has 0 amide bonds. The number of anilines is 3. The van der Waals surface area contributed by atoms with Crippen molar-refractivity contribution in [2.24, 2.45) is 0 Å². The van der Waals surface area contributed by atoms with E-state index in [4.69, 9.17) is 4.98 Å². The van der Waals surface area contributed by atoms with Gasteiger partial charge < -0.3 is 10.2 Å². The van der Waals surface area contributed by atoms with E-state index in [0.29, 0.717) is 12.0 Å². The Hall–Kier alpha value is -2.10. The van der Waals surface area contributed by atoms with Gasteiger partial charge in [-0.3, -0.25) is 0 Å². The van der Waals surface area contributed by atoms with E-state index in [-0.39, 0.29) is 0 Å². The highest BCUT2D eigenvalue weighted by molar-refractivity contribution is 5.60. The molecule has 1 saturated heterocycles. The topological polar surface area (TPSA) is 41.1 Å². The molecule has 0 aliphatic carbocycles. The quantitative estimate of drug-likeness (QED) is 0.895. The van der Waals surface area contributed by atoms with Gasteiger partial charge in [-0.25, -0.2) is 4.98 Å². The summed E-state index contributed by atoms with van der Waals surface area (Å²) in [5, 5.41) is 3.36. The van der Waals surface area contributed by atoms with E-state index in [1.807, 2.05) is 12.3 Å². The van der Waals surface area contributed by atoms with Gasteiger partial charge in [0.15, 0.2) is 0 Å². The molecular weight excluding hydrogens is 284 g/mol. The first-order valence-electron chi connectivity index (χ1n) is 8.61. The van der Waals surface area contributed by atoms with Crippen molar-refractivity contribution in [3.05, 3.63) is 41.6 Å². The van der Waals surface area contributed by atoms with Crippen LogP contribution < -0.4 is 10.2 Å². The number of nitrogens with zero attached hydrogens (tertiary/aromatic N) is 3. The fraction of sp³-hybridized carbons (Fsp3) is 0.474. The smallest absolute Gasteiger partial charge is 0.229 e. The zero-order chi connectivity index (χ0) is 16.2. The van der Waals surface area contributed by atoms with Gasteiger partial charge in [-0.05, 0) is 57.2 Å². The number of hydrogen-bond donors (Lipinski definition) is 1. The summed E-state index contributed by atoms with van der Waals surface area (Å²) in [7, 11) is 0. The van der Waals surface area contributed by atoms with Gasteiger partial charge in [-0.2, -0.15) is 4.98 Å². The lowest BCUT2D eigenvalue weighted by atomic mass is 10.0. The maximum absolute atomic E-state index is 4.76. The number of aromatic nitrogens is 2. The highest BCUT2D eigenvalue weighted by Crippen LogP contribution is 2.26. The van der Waals surface area contributed by atoms with Crippen molar-refractivity contribution in [3.63, 3.8) is 0 Å². The zero-order valence-corrected chi connectivity index (χ0v) is 14.3. The van der Waals surface area contributed by atoms with E-state index in [1.54, 1.807) is 0 Å². The molecule has 0 bridgehead atoms. The highest BCUT2D eigenvalue weighted by atomic mass is 15.2. The second-order valence-electron chi connectivity index (χ2n) is 6.43. The zero-order valence-electron chi connectivity index (χ0n) is 14.3. The van der Waals surface area contributed by atoms with Gasteiger partial charge in [-0.1, -0.05) is 24.6 Å². The van der Waals surface area contributed by atoms with Crippen LogP contribution in [0.25, 0.3) is 0 Å². The van der Waals surface area contributed by atoms with E-state index >= 15 is 0 Å². The SMILES string of the molecule is CCC1CCCCN1c1ccnc(Nc2ccc(C)cc2C)n1. The summed E-state index contributed by atoms with van der Waals surface area (Å²) in [6.45, 7) is 7.57. The maximum atomic E-state index is 4.76. The van der Waals surface area contributed by atoms with Gasteiger partial charge >= 0.3 is 0 Å². The molecule has 3 rings (SSSR count). The minimum absolute atomic E-state index is 0.604. The molecule has 4 heteroatoms. The Labute approximate surface area is 139 Å². The average Bonchev–Trinajstić information content (AvgIpc) is 2.58. The van der Waals surface area contributed by atoms with Crippen LogP contribution in [-0.2, 0) is 0 Å². The third-order valence-corrected chi connectivity index (χ3v) is 4.66. The van der Waals surface area contributed by atoms with Crippen LogP contribution in [0, 0.1) is 13.8 Å². The molecular formula is C19H26N4. The molecule has 0 radical (unpaired) electrons. The van der Waals surface area contributed by atoms with Gasteiger partial charge in [0.1, 0.15) is 5.82 Å². The van der Waals surface area contributed by atoms with Crippen LogP contribution in [0.1, 0.15) is 43.7 Å². The lowest BCUT2D eigenvalue weighted by Gasteiger charge is -2.36. The van der Waals surface area contributed by atoms with E-state index in [1.165, 1.54) is 36.8 Å². The molecule has 1 atom stereocenters. The molecule has 1 unspecified atom stereocenters. The first kappa shape index (κ1) is 15.8. The van der Waals surface area contributed by atoms with Gasteiger partial charge in [-0.15, -0.1) is 0 Å². The number of benzene rings is 1. The van der Waals surface area contributed by atoms with Crippen molar-refractivity contribution >= 4 is 17.5 Å². The number of nitrogens with one attached hydrogen (secondary N) is 1. The summed E-state index contributed by atoms with van der Waals surface area (Å²) in [6, 6.07) is 9.01. The summed E-state index contributed by atoms with van der Waals surface area (Å²) in [5.74, 6) is 1.72. The molecule has 4 nitrogen and oxygen atoms in total. The molecule has 23 heavy (non-hydrogen) atoms. The standard InChI is InChI=1S/C19H26N4/c1-4-16-7-5-6-12-23(16)18-10-11-20-19(22-18)21-17-9-8-14(2)13-15(17)3/h8-11,13,16H,4-7,12H2,1-3H3,(H,20,21,22).